The van der Waals surface area contributed by atoms with Crippen LogP contribution < -0.4 is 4.74 Å². The molecular formula is C21H33NO4. The number of rotatable bonds is 7. The first-order valence-corrected chi connectivity index (χ1v) is 9.58. The minimum atomic E-state index is -0.452. The molecule has 1 aromatic rings. The molecule has 1 amide bonds. The maximum atomic E-state index is 12.1. The molecule has 1 fully saturated rings. The van der Waals surface area contributed by atoms with Gasteiger partial charge in [0.05, 0.1) is 13.2 Å². The van der Waals surface area contributed by atoms with E-state index in [1.807, 2.05) is 49.9 Å². The van der Waals surface area contributed by atoms with Crippen molar-refractivity contribution in [2.24, 2.45) is 5.92 Å². The Bertz CT molecular complexity index is 582. The molecule has 1 aliphatic rings. The van der Waals surface area contributed by atoms with Gasteiger partial charge in [0, 0.05) is 13.1 Å². The highest BCUT2D eigenvalue weighted by atomic mass is 16.6. The predicted molar refractivity (Wildman–Crippen MR) is 102 cm³/mol. The molecule has 1 aliphatic heterocycles. The Morgan fingerprint density at radius 2 is 2.12 bits per heavy atom. The lowest BCUT2D eigenvalue weighted by Crippen LogP contribution is -2.35. The number of likely N-dealkylation sites (tertiary alicyclic amines) is 1. The van der Waals surface area contributed by atoms with Gasteiger partial charge in [-0.3, -0.25) is 0 Å². The van der Waals surface area contributed by atoms with E-state index in [1.165, 1.54) is 0 Å². The number of aliphatic hydroxyl groups is 1. The third-order valence-electron chi connectivity index (χ3n) is 4.76. The molecular weight excluding hydrogens is 330 g/mol. The van der Waals surface area contributed by atoms with Crippen LogP contribution in [0.2, 0.25) is 0 Å². The van der Waals surface area contributed by atoms with Crippen molar-refractivity contribution in [3.63, 3.8) is 0 Å². The minimum absolute atomic E-state index is 0.201. The number of carbonyl (C=O) groups is 1. The molecule has 0 aliphatic carbocycles. The van der Waals surface area contributed by atoms with Crippen molar-refractivity contribution in [1.29, 1.82) is 0 Å². The van der Waals surface area contributed by atoms with Gasteiger partial charge in [0.25, 0.3) is 0 Å². The van der Waals surface area contributed by atoms with Gasteiger partial charge in [0.2, 0.25) is 0 Å². The molecule has 0 saturated carbocycles. The highest BCUT2D eigenvalue weighted by Crippen LogP contribution is 2.27. The zero-order valence-electron chi connectivity index (χ0n) is 16.5. The second-order valence-electron chi connectivity index (χ2n) is 8.16. The van der Waals surface area contributed by atoms with Crippen LogP contribution in [0.1, 0.15) is 64.5 Å². The van der Waals surface area contributed by atoms with E-state index < -0.39 is 11.7 Å². The van der Waals surface area contributed by atoms with E-state index in [0.717, 1.165) is 56.5 Å². The summed E-state index contributed by atoms with van der Waals surface area (Å²) in [6, 6.07) is 7.61. The minimum Gasteiger partial charge on any atom is -0.497 e. The largest absolute Gasteiger partial charge is 0.497 e. The van der Waals surface area contributed by atoms with Gasteiger partial charge in [-0.25, -0.2) is 4.79 Å². The van der Waals surface area contributed by atoms with Crippen LogP contribution in [-0.2, 0) is 4.74 Å². The molecule has 0 aromatic heterocycles. The fraction of sp³-hybridized carbons (Fsp3) is 0.667. The third-order valence-corrected chi connectivity index (χ3v) is 4.76. The van der Waals surface area contributed by atoms with E-state index in [-0.39, 0.29) is 6.09 Å². The number of unbranched alkanes of at least 4 members (excludes halogenated alkanes) is 1. The maximum Gasteiger partial charge on any atom is 0.410 e. The van der Waals surface area contributed by atoms with Gasteiger partial charge in [0.15, 0.2) is 0 Å². The van der Waals surface area contributed by atoms with Crippen molar-refractivity contribution in [2.45, 2.75) is 64.6 Å². The topological polar surface area (TPSA) is 59.0 Å². The van der Waals surface area contributed by atoms with E-state index in [1.54, 1.807) is 7.11 Å². The van der Waals surface area contributed by atoms with Crippen LogP contribution in [0.15, 0.2) is 24.3 Å². The summed E-state index contributed by atoms with van der Waals surface area (Å²) in [7, 11) is 1.63. The first kappa shape index (κ1) is 20.6. The zero-order valence-corrected chi connectivity index (χ0v) is 16.5. The number of nitrogens with zero attached hydrogens (tertiary/aromatic N) is 1. The average molecular weight is 363 g/mol. The molecule has 2 atom stereocenters. The monoisotopic (exact) mass is 363 g/mol. The average Bonchev–Trinajstić information content (AvgIpc) is 3.06. The second kappa shape index (κ2) is 9.26. The van der Waals surface area contributed by atoms with Gasteiger partial charge < -0.3 is 19.5 Å². The van der Waals surface area contributed by atoms with Crippen LogP contribution in [0.5, 0.6) is 5.75 Å². The highest BCUT2D eigenvalue weighted by molar-refractivity contribution is 5.68. The molecule has 0 spiro atoms. The van der Waals surface area contributed by atoms with E-state index in [2.05, 4.69) is 0 Å². The summed E-state index contributed by atoms with van der Waals surface area (Å²) in [4.78, 5) is 13.9. The van der Waals surface area contributed by atoms with Crippen LogP contribution in [0.4, 0.5) is 4.79 Å². The van der Waals surface area contributed by atoms with E-state index in [9.17, 15) is 9.90 Å². The van der Waals surface area contributed by atoms with Gasteiger partial charge >= 0.3 is 6.09 Å². The second-order valence-corrected chi connectivity index (χ2v) is 8.16. The fourth-order valence-electron chi connectivity index (χ4n) is 3.35. The number of amides is 1. The van der Waals surface area contributed by atoms with Gasteiger partial charge in [-0.15, -0.1) is 0 Å². The number of carbonyl (C=O) groups excluding carboxylic acids is 1. The number of ether oxygens (including phenoxy) is 2. The standard InChI is InChI=1S/C21H33NO4/c1-21(2,3)26-20(24)22-13-12-16(15-22)8-5-6-11-19(23)17-9-7-10-18(14-17)25-4/h7,9-10,14,16,19,23H,5-6,8,11-13,15H2,1-4H3. The number of methoxy groups -OCH3 is 1. The molecule has 1 N–H and O–H groups in total. The molecule has 5 heteroatoms. The van der Waals surface area contributed by atoms with Crippen molar-refractivity contribution in [3.8, 4) is 5.75 Å². The summed E-state index contributed by atoms with van der Waals surface area (Å²) in [5, 5.41) is 10.3. The Balaban J connectivity index is 1.66. The normalized spacial score (nSPS) is 18.7. The van der Waals surface area contributed by atoms with Crippen LogP contribution in [0.3, 0.4) is 0 Å². The van der Waals surface area contributed by atoms with Crippen molar-refractivity contribution in [3.05, 3.63) is 29.8 Å². The first-order chi connectivity index (χ1) is 12.3. The molecule has 146 valence electrons. The van der Waals surface area contributed by atoms with Crippen LogP contribution in [0, 0.1) is 5.92 Å². The molecule has 26 heavy (non-hydrogen) atoms. The number of hydrogen-bond donors (Lipinski definition) is 1. The zero-order chi connectivity index (χ0) is 19.2. The summed E-state index contributed by atoms with van der Waals surface area (Å²) < 4.78 is 10.6. The Labute approximate surface area is 157 Å². The van der Waals surface area contributed by atoms with Gasteiger partial charge in [-0.2, -0.15) is 0 Å². The Morgan fingerprint density at radius 3 is 2.81 bits per heavy atom. The van der Waals surface area contributed by atoms with Crippen LogP contribution >= 0.6 is 0 Å². The summed E-state index contributed by atoms with van der Waals surface area (Å²) in [5.41, 5.74) is 0.465. The predicted octanol–water partition coefficient (Wildman–Crippen LogP) is 4.55. The Kier molecular flexibility index (Phi) is 7.33. The van der Waals surface area contributed by atoms with Gasteiger partial charge in [-0.05, 0) is 63.6 Å². The van der Waals surface area contributed by atoms with Gasteiger partial charge in [0.1, 0.15) is 11.4 Å². The Morgan fingerprint density at radius 1 is 1.35 bits per heavy atom. The lowest BCUT2D eigenvalue weighted by atomic mass is 9.98. The molecule has 1 aromatic carbocycles. The molecule has 2 rings (SSSR count). The summed E-state index contributed by atoms with van der Waals surface area (Å²) in [5.74, 6) is 1.31. The molecule has 0 bridgehead atoms. The number of benzene rings is 1. The third kappa shape index (κ3) is 6.52. The molecule has 1 saturated heterocycles. The molecule has 5 nitrogen and oxygen atoms in total. The van der Waals surface area contributed by atoms with Crippen molar-refractivity contribution in [2.75, 3.05) is 20.2 Å². The number of hydrogen-bond acceptors (Lipinski definition) is 4. The van der Waals surface area contributed by atoms with Crippen LogP contribution in [-0.4, -0.2) is 41.9 Å². The smallest absolute Gasteiger partial charge is 0.410 e. The van der Waals surface area contributed by atoms with Crippen LogP contribution in [0.25, 0.3) is 0 Å². The van der Waals surface area contributed by atoms with Gasteiger partial charge in [-0.1, -0.05) is 25.0 Å². The number of aliphatic hydroxyl groups excluding tert-OH is 1. The molecule has 0 radical (unpaired) electrons. The quantitative estimate of drug-likeness (QED) is 0.722. The highest BCUT2D eigenvalue weighted by Gasteiger charge is 2.29. The van der Waals surface area contributed by atoms with Crippen molar-refractivity contribution < 1.29 is 19.4 Å². The lowest BCUT2D eigenvalue weighted by Gasteiger charge is -2.24. The van der Waals surface area contributed by atoms with Crippen molar-refractivity contribution in [1.82, 2.24) is 4.90 Å². The van der Waals surface area contributed by atoms with E-state index in [4.69, 9.17) is 9.47 Å². The summed E-state index contributed by atoms with van der Waals surface area (Å²) in [6.07, 6.45) is 4.26. The maximum absolute atomic E-state index is 12.1. The van der Waals surface area contributed by atoms with Crippen molar-refractivity contribution >= 4 is 6.09 Å². The fourth-order valence-corrected chi connectivity index (χ4v) is 3.35. The SMILES string of the molecule is COc1cccc(C(O)CCCCC2CCN(C(=O)OC(C)(C)C)C2)c1. The lowest BCUT2D eigenvalue weighted by molar-refractivity contribution is 0.0287. The summed E-state index contributed by atoms with van der Waals surface area (Å²) >= 11 is 0. The molecule has 2 unspecified atom stereocenters. The molecule has 1 heterocycles. The Hall–Kier alpha value is -1.75. The first-order valence-electron chi connectivity index (χ1n) is 9.58. The summed E-state index contributed by atoms with van der Waals surface area (Å²) in [6.45, 7) is 7.25. The van der Waals surface area contributed by atoms with E-state index >= 15 is 0 Å². The van der Waals surface area contributed by atoms with E-state index in [0.29, 0.717) is 5.92 Å².